The van der Waals surface area contributed by atoms with Gasteiger partial charge in [-0.1, -0.05) is 19.8 Å². The summed E-state index contributed by atoms with van der Waals surface area (Å²) in [5.41, 5.74) is 0. The van der Waals surface area contributed by atoms with Gasteiger partial charge in [-0.3, -0.25) is 0 Å². The van der Waals surface area contributed by atoms with Crippen molar-refractivity contribution in [3.05, 3.63) is 0 Å². The quantitative estimate of drug-likeness (QED) is 0.723. The van der Waals surface area contributed by atoms with E-state index in [1.54, 1.807) is 0 Å². The normalized spacial score (nSPS) is 30.8. The number of nitrogens with one attached hydrogen (secondary N) is 1. The Bertz CT molecular complexity index is 175. The Morgan fingerprint density at radius 1 is 1.38 bits per heavy atom. The van der Waals surface area contributed by atoms with E-state index in [4.69, 9.17) is 5.26 Å². The van der Waals surface area contributed by atoms with Crippen molar-refractivity contribution in [1.29, 1.82) is 5.26 Å². The zero-order valence-corrected chi connectivity index (χ0v) is 8.71. The molecule has 1 aliphatic carbocycles. The van der Waals surface area contributed by atoms with Gasteiger partial charge in [-0.25, -0.2) is 0 Å². The van der Waals surface area contributed by atoms with Gasteiger partial charge in [-0.15, -0.1) is 0 Å². The minimum Gasteiger partial charge on any atom is -0.302 e. The van der Waals surface area contributed by atoms with Gasteiger partial charge in [-0.2, -0.15) is 5.26 Å². The molecule has 0 aromatic heterocycles. The first-order valence-electron chi connectivity index (χ1n) is 5.35. The topological polar surface area (TPSA) is 35.8 Å². The SMILES string of the molecule is CC1CCC(CNC(C)C#N)CC1. The first kappa shape index (κ1) is 10.5. The lowest BCUT2D eigenvalue weighted by atomic mass is 9.83. The standard InChI is InChI=1S/C11H20N2/c1-9-3-5-11(6-4-9)8-13-10(2)7-12/h9-11,13H,3-6,8H2,1-2H3. The maximum atomic E-state index is 8.59. The monoisotopic (exact) mass is 180 g/mol. The van der Waals surface area contributed by atoms with Crippen molar-refractivity contribution in [1.82, 2.24) is 5.32 Å². The molecular weight excluding hydrogens is 160 g/mol. The molecule has 1 N–H and O–H groups in total. The van der Waals surface area contributed by atoms with Crippen molar-refractivity contribution in [3.63, 3.8) is 0 Å². The molecule has 1 saturated carbocycles. The summed E-state index contributed by atoms with van der Waals surface area (Å²) in [4.78, 5) is 0. The fourth-order valence-electron chi connectivity index (χ4n) is 1.92. The molecule has 1 rings (SSSR count). The van der Waals surface area contributed by atoms with Crippen LogP contribution in [0, 0.1) is 23.2 Å². The maximum Gasteiger partial charge on any atom is 0.0924 e. The summed E-state index contributed by atoms with van der Waals surface area (Å²) < 4.78 is 0. The third kappa shape index (κ3) is 3.78. The summed E-state index contributed by atoms with van der Waals surface area (Å²) in [5.74, 6) is 1.73. The Morgan fingerprint density at radius 2 is 2.00 bits per heavy atom. The molecule has 13 heavy (non-hydrogen) atoms. The lowest BCUT2D eigenvalue weighted by Gasteiger charge is -2.26. The second-order valence-corrected chi connectivity index (χ2v) is 4.38. The van der Waals surface area contributed by atoms with Crippen LogP contribution in [0.4, 0.5) is 0 Å². The maximum absolute atomic E-state index is 8.59. The number of hydrogen-bond donors (Lipinski definition) is 1. The van der Waals surface area contributed by atoms with Crippen LogP contribution >= 0.6 is 0 Å². The average Bonchev–Trinajstić information content (AvgIpc) is 2.16. The van der Waals surface area contributed by atoms with Gasteiger partial charge < -0.3 is 5.32 Å². The van der Waals surface area contributed by atoms with Gasteiger partial charge in [0.05, 0.1) is 12.1 Å². The summed E-state index contributed by atoms with van der Waals surface area (Å²) in [6, 6.07) is 2.22. The molecule has 1 atom stereocenters. The Labute approximate surface area is 81.3 Å². The van der Waals surface area contributed by atoms with Crippen molar-refractivity contribution in [2.24, 2.45) is 11.8 Å². The molecule has 0 bridgehead atoms. The largest absolute Gasteiger partial charge is 0.302 e. The van der Waals surface area contributed by atoms with Crippen molar-refractivity contribution >= 4 is 0 Å². The summed E-state index contributed by atoms with van der Waals surface area (Å²) in [5, 5.41) is 11.8. The number of rotatable bonds is 3. The molecule has 0 spiro atoms. The van der Waals surface area contributed by atoms with E-state index in [9.17, 15) is 0 Å². The van der Waals surface area contributed by atoms with E-state index in [1.807, 2.05) is 6.92 Å². The van der Waals surface area contributed by atoms with Crippen molar-refractivity contribution in [3.8, 4) is 6.07 Å². The van der Waals surface area contributed by atoms with Crippen LogP contribution in [0.15, 0.2) is 0 Å². The van der Waals surface area contributed by atoms with E-state index >= 15 is 0 Å². The highest BCUT2D eigenvalue weighted by atomic mass is 14.9. The minimum absolute atomic E-state index is 0.0133. The fourth-order valence-corrected chi connectivity index (χ4v) is 1.92. The van der Waals surface area contributed by atoms with Crippen LogP contribution in [0.25, 0.3) is 0 Å². The molecule has 0 aromatic rings. The molecular formula is C11H20N2. The van der Waals surface area contributed by atoms with Crippen LogP contribution < -0.4 is 5.32 Å². The molecule has 1 aliphatic rings. The Balaban J connectivity index is 2.13. The van der Waals surface area contributed by atoms with Crippen LogP contribution in [0.5, 0.6) is 0 Å². The predicted molar refractivity (Wildman–Crippen MR) is 54.2 cm³/mol. The fraction of sp³-hybridized carbons (Fsp3) is 0.909. The molecule has 0 aromatic carbocycles. The second-order valence-electron chi connectivity index (χ2n) is 4.38. The lowest BCUT2D eigenvalue weighted by Crippen LogP contribution is -2.31. The second kappa shape index (κ2) is 5.24. The van der Waals surface area contributed by atoms with Gasteiger partial charge in [0.1, 0.15) is 0 Å². The number of hydrogen-bond acceptors (Lipinski definition) is 2. The van der Waals surface area contributed by atoms with Gasteiger partial charge >= 0.3 is 0 Å². The summed E-state index contributed by atoms with van der Waals surface area (Å²) in [6.07, 6.45) is 5.42. The van der Waals surface area contributed by atoms with E-state index in [-0.39, 0.29) is 6.04 Å². The van der Waals surface area contributed by atoms with Crippen molar-refractivity contribution < 1.29 is 0 Å². The highest BCUT2D eigenvalue weighted by molar-refractivity contribution is 4.86. The van der Waals surface area contributed by atoms with E-state index in [0.717, 1.165) is 18.4 Å². The summed E-state index contributed by atoms with van der Waals surface area (Å²) in [7, 11) is 0. The molecule has 74 valence electrons. The molecule has 2 nitrogen and oxygen atoms in total. The molecule has 2 heteroatoms. The van der Waals surface area contributed by atoms with Crippen molar-refractivity contribution in [2.75, 3.05) is 6.54 Å². The van der Waals surface area contributed by atoms with Crippen LogP contribution in [0.2, 0.25) is 0 Å². The third-order valence-electron chi connectivity index (χ3n) is 3.04. The van der Waals surface area contributed by atoms with Gasteiger partial charge in [-0.05, 0) is 38.1 Å². The zero-order chi connectivity index (χ0) is 9.68. The van der Waals surface area contributed by atoms with E-state index < -0.39 is 0 Å². The van der Waals surface area contributed by atoms with Gasteiger partial charge in [0.25, 0.3) is 0 Å². The van der Waals surface area contributed by atoms with Gasteiger partial charge in [0.15, 0.2) is 0 Å². The first-order chi connectivity index (χ1) is 6.22. The lowest BCUT2D eigenvalue weighted by molar-refractivity contribution is 0.280. The first-order valence-corrected chi connectivity index (χ1v) is 5.35. The van der Waals surface area contributed by atoms with E-state index in [1.165, 1.54) is 25.7 Å². The Morgan fingerprint density at radius 3 is 2.54 bits per heavy atom. The highest BCUT2D eigenvalue weighted by Gasteiger charge is 2.18. The smallest absolute Gasteiger partial charge is 0.0924 e. The van der Waals surface area contributed by atoms with Gasteiger partial charge in [0, 0.05) is 0 Å². The molecule has 0 radical (unpaired) electrons. The molecule has 1 unspecified atom stereocenters. The van der Waals surface area contributed by atoms with E-state index in [0.29, 0.717) is 0 Å². The molecule has 0 heterocycles. The van der Waals surface area contributed by atoms with Crippen LogP contribution in [-0.4, -0.2) is 12.6 Å². The molecule has 0 aliphatic heterocycles. The van der Waals surface area contributed by atoms with Crippen LogP contribution in [0.1, 0.15) is 39.5 Å². The highest BCUT2D eigenvalue weighted by Crippen LogP contribution is 2.27. The molecule has 1 fully saturated rings. The Kier molecular flexibility index (Phi) is 4.24. The van der Waals surface area contributed by atoms with Gasteiger partial charge in [0.2, 0.25) is 0 Å². The number of nitriles is 1. The van der Waals surface area contributed by atoms with Crippen molar-refractivity contribution in [2.45, 2.75) is 45.6 Å². The third-order valence-corrected chi connectivity index (χ3v) is 3.04. The molecule has 0 saturated heterocycles. The zero-order valence-electron chi connectivity index (χ0n) is 8.71. The summed E-state index contributed by atoms with van der Waals surface area (Å²) in [6.45, 7) is 5.29. The predicted octanol–water partition coefficient (Wildman–Crippen LogP) is 2.31. The average molecular weight is 180 g/mol. The van der Waals surface area contributed by atoms with Crippen LogP contribution in [0.3, 0.4) is 0 Å². The Hall–Kier alpha value is -0.550. The summed E-state index contributed by atoms with van der Waals surface area (Å²) >= 11 is 0. The van der Waals surface area contributed by atoms with E-state index in [2.05, 4.69) is 18.3 Å². The number of nitrogens with zero attached hydrogens (tertiary/aromatic N) is 1. The van der Waals surface area contributed by atoms with Crippen LogP contribution in [-0.2, 0) is 0 Å². The molecule has 0 amide bonds. The minimum atomic E-state index is 0.0133.